The molecule has 0 saturated carbocycles. The number of carbonyl (C=O) groups excluding carboxylic acids is 1. The maximum absolute atomic E-state index is 12.2. The summed E-state index contributed by atoms with van der Waals surface area (Å²) in [5.41, 5.74) is 1.51. The molecule has 0 atom stereocenters. The summed E-state index contributed by atoms with van der Waals surface area (Å²) in [5.74, 6) is -0.956. The van der Waals surface area contributed by atoms with Gasteiger partial charge in [-0.2, -0.15) is 5.26 Å². The summed E-state index contributed by atoms with van der Waals surface area (Å²) in [4.78, 5) is 24.8. The number of aromatic carboxylic acids is 1. The highest BCUT2D eigenvalue weighted by molar-refractivity contribution is 6.31. The van der Waals surface area contributed by atoms with Crippen LogP contribution in [0.15, 0.2) is 36.4 Å². The molecule has 3 rings (SSSR count). The summed E-state index contributed by atoms with van der Waals surface area (Å²) in [6.45, 7) is 0.0239. The van der Waals surface area contributed by atoms with Crippen molar-refractivity contribution < 1.29 is 19.4 Å². The minimum absolute atomic E-state index is 0.0583. The van der Waals surface area contributed by atoms with Crippen molar-refractivity contribution in [1.82, 2.24) is 0 Å². The second-order valence-corrected chi connectivity index (χ2v) is 5.58. The number of fused-ring (bicyclic) bond motifs is 1. The van der Waals surface area contributed by atoms with Crippen LogP contribution in [0.5, 0.6) is 5.75 Å². The van der Waals surface area contributed by atoms with Gasteiger partial charge in [-0.15, -0.1) is 0 Å². The van der Waals surface area contributed by atoms with Gasteiger partial charge < -0.3 is 14.7 Å². The minimum atomic E-state index is -1.09. The Labute approximate surface area is 142 Å². The number of halogens is 1. The average Bonchev–Trinajstić information content (AvgIpc) is 2.58. The lowest BCUT2D eigenvalue weighted by Crippen LogP contribution is -2.38. The zero-order chi connectivity index (χ0) is 17.3. The molecule has 0 bridgehead atoms. The first-order valence-electron chi connectivity index (χ1n) is 6.98. The SMILES string of the molecule is N#Cc1ccc(CN2C(=O)COc3ccc(C(=O)O)cc32)c(Cl)c1. The summed E-state index contributed by atoms with van der Waals surface area (Å²) in [5, 5.41) is 18.4. The molecule has 0 saturated heterocycles. The number of rotatable bonds is 3. The topological polar surface area (TPSA) is 90.6 Å². The Balaban J connectivity index is 2.00. The van der Waals surface area contributed by atoms with Crippen molar-refractivity contribution >= 4 is 29.2 Å². The standard InChI is InChI=1S/C17H11ClN2O4/c18-13-5-10(7-19)1-2-12(13)8-20-14-6-11(17(22)23)3-4-15(14)24-9-16(20)21/h1-6H,8-9H2,(H,22,23). The van der Waals surface area contributed by atoms with Crippen LogP contribution in [-0.4, -0.2) is 23.6 Å². The Morgan fingerprint density at radius 1 is 1.33 bits per heavy atom. The zero-order valence-electron chi connectivity index (χ0n) is 12.3. The van der Waals surface area contributed by atoms with Crippen LogP contribution in [0.3, 0.4) is 0 Å². The number of ether oxygens (including phenoxy) is 1. The van der Waals surface area contributed by atoms with E-state index in [2.05, 4.69) is 0 Å². The molecule has 0 fully saturated rings. The lowest BCUT2D eigenvalue weighted by molar-refractivity contribution is -0.121. The highest BCUT2D eigenvalue weighted by atomic mass is 35.5. The molecule has 7 heteroatoms. The van der Waals surface area contributed by atoms with Crippen molar-refractivity contribution in [3.8, 4) is 11.8 Å². The number of hydrogen-bond donors (Lipinski definition) is 1. The monoisotopic (exact) mass is 342 g/mol. The van der Waals surface area contributed by atoms with Crippen molar-refractivity contribution in [3.05, 3.63) is 58.1 Å². The van der Waals surface area contributed by atoms with Gasteiger partial charge in [-0.05, 0) is 35.9 Å². The second kappa shape index (κ2) is 6.22. The number of carboxylic acids is 1. The summed E-state index contributed by atoms with van der Waals surface area (Å²) in [6, 6.07) is 11.1. The maximum atomic E-state index is 12.2. The van der Waals surface area contributed by atoms with E-state index in [1.807, 2.05) is 6.07 Å². The molecule has 1 aliphatic rings. The first-order chi connectivity index (χ1) is 11.5. The number of carbonyl (C=O) groups is 2. The molecule has 1 N–H and O–H groups in total. The van der Waals surface area contributed by atoms with Crippen LogP contribution >= 0.6 is 11.6 Å². The summed E-state index contributed by atoms with van der Waals surface area (Å²) in [7, 11) is 0. The molecule has 1 amide bonds. The third-order valence-corrected chi connectivity index (χ3v) is 4.01. The van der Waals surface area contributed by atoms with E-state index in [-0.39, 0.29) is 24.6 Å². The van der Waals surface area contributed by atoms with Gasteiger partial charge in [0.1, 0.15) is 5.75 Å². The van der Waals surface area contributed by atoms with Crippen LogP contribution in [0, 0.1) is 11.3 Å². The molecule has 1 heterocycles. The number of nitriles is 1. The van der Waals surface area contributed by atoms with Crippen molar-refractivity contribution in [2.75, 3.05) is 11.5 Å². The van der Waals surface area contributed by atoms with Crippen LogP contribution in [0.2, 0.25) is 5.02 Å². The molecule has 24 heavy (non-hydrogen) atoms. The van der Waals surface area contributed by atoms with Gasteiger partial charge in [-0.1, -0.05) is 17.7 Å². The molecule has 2 aromatic rings. The van der Waals surface area contributed by atoms with Crippen molar-refractivity contribution in [2.24, 2.45) is 0 Å². The maximum Gasteiger partial charge on any atom is 0.335 e. The van der Waals surface area contributed by atoms with Crippen molar-refractivity contribution in [1.29, 1.82) is 5.26 Å². The average molecular weight is 343 g/mol. The van der Waals surface area contributed by atoms with E-state index in [9.17, 15) is 9.59 Å². The lowest BCUT2D eigenvalue weighted by atomic mass is 10.1. The molecule has 0 unspecified atom stereocenters. The molecular formula is C17H11ClN2O4. The number of amides is 1. The lowest BCUT2D eigenvalue weighted by Gasteiger charge is -2.30. The summed E-state index contributed by atoms with van der Waals surface area (Å²) in [6.07, 6.45) is 0. The van der Waals surface area contributed by atoms with Gasteiger partial charge in [0.15, 0.2) is 6.61 Å². The molecule has 1 aliphatic heterocycles. The van der Waals surface area contributed by atoms with Gasteiger partial charge >= 0.3 is 5.97 Å². The smallest absolute Gasteiger partial charge is 0.335 e. The van der Waals surface area contributed by atoms with Crippen LogP contribution in [0.25, 0.3) is 0 Å². The van der Waals surface area contributed by atoms with Gasteiger partial charge in [-0.3, -0.25) is 4.79 Å². The second-order valence-electron chi connectivity index (χ2n) is 5.17. The van der Waals surface area contributed by atoms with Crippen LogP contribution in [0.4, 0.5) is 5.69 Å². The molecule has 120 valence electrons. The molecule has 0 radical (unpaired) electrons. The van der Waals surface area contributed by atoms with E-state index in [1.54, 1.807) is 12.1 Å². The van der Waals surface area contributed by atoms with Crippen molar-refractivity contribution in [3.63, 3.8) is 0 Å². The first-order valence-corrected chi connectivity index (χ1v) is 7.36. The van der Waals surface area contributed by atoms with Gasteiger partial charge in [0.05, 0.1) is 29.4 Å². The fraction of sp³-hybridized carbons (Fsp3) is 0.118. The summed E-state index contributed by atoms with van der Waals surface area (Å²) >= 11 is 6.17. The van der Waals surface area contributed by atoms with E-state index >= 15 is 0 Å². The Morgan fingerprint density at radius 3 is 2.79 bits per heavy atom. The van der Waals surface area contributed by atoms with E-state index in [0.29, 0.717) is 27.6 Å². The fourth-order valence-corrected chi connectivity index (χ4v) is 2.66. The number of hydrogen-bond acceptors (Lipinski definition) is 4. The van der Waals surface area contributed by atoms with Crippen LogP contribution in [0.1, 0.15) is 21.5 Å². The van der Waals surface area contributed by atoms with Gasteiger partial charge in [0.25, 0.3) is 5.91 Å². The Kier molecular flexibility index (Phi) is 4.11. The highest BCUT2D eigenvalue weighted by Crippen LogP contribution is 2.35. The number of nitrogens with zero attached hydrogens (tertiary/aromatic N) is 2. The van der Waals surface area contributed by atoms with Crippen LogP contribution < -0.4 is 9.64 Å². The minimum Gasteiger partial charge on any atom is -0.482 e. The Morgan fingerprint density at radius 2 is 2.12 bits per heavy atom. The molecule has 0 aliphatic carbocycles. The van der Waals surface area contributed by atoms with Crippen LogP contribution in [-0.2, 0) is 11.3 Å². The largest absolute Gasteiger partial charge is 0.482 e. The molecular weight excluding hydrogens is 332 g/mol. The van der Waals surface area contributed by atoms with E-state index in [4.69, 9.17) is 26.7 Å². The summed E-state index contributed by atoms with van der Waals surface area (Å²) < 4.78 is 5.34. The normalized spacial score (nSPS) is 13.0. The third-order valence-electron chi connectivity index (χ3n) is 3.66. The van der Waals surface area contributed by atoms with Gasteiger partial charge in [0, 0.05) is 5.02 Å². The van der Waals surface area contributed by atoms with Gasteiger partial charge in [-0.25, -0.2) is 4.79 Å². The number of carboxylic acid groups (broad SMARTS) is 1. The molecule has 2 aromatic carbocycles. The van der Waals surface area contributed by atoms with Crippen molar-refractivity contribution in [2.45, 2.75) is 6.54 Å². The fourth-order valence-electron chi connectivity index (χ4n) is 2.42. The van der Waals surface area contributed by atoms with Gasteiger partial charge in [0.2, 0.25) is 0 Å². The molecule has 6 nitrogen and oxygen atoms in total. The van der Waals surface area contributed by atoms with E-state index in [0.717, 1.165) is 0 Å². The Bertz CT molecular complexity index is 889. The van der Waals surface area contributed by atoms with E-state index in [1.165, 1.54) is 29.2 Å². The quantitative estimate of drug-likeness (QED) is 0.926. The Hall–Kier alpha value is -3.04. The first kappa shape index (κ1) is 15.8. The predicted molar refractivity (Wildman–Crippen MR) is 86.3 cm³/mol. The number of anilines is 1. The zero-order valence-corrected chi connectivity index (χ0v) is 13.1. The predicted octanol–water partition coefficient (Wildman–Crippen LogP) is 2.84. The third kappa shape index (κ3) is 2.90. The number of benzene rings is 2. The highest BCUT2D eigenvalue weighted by Gasteiger charge is 2.27. The molecule has 0 spiro atoms. The van der Waals surface area contributed by atoms with E-state index < -0.39 is 5.97 Å². The molecule has 0 aromatic heterocycles.